The summed E-state index contributed by atoms with van der Waals surface area (Å²) in [5, 5.41) is 14.1. The lowest BCUT2D eigenvalue weighted by Gasteiger charge is -2.35. The Kier molecular flexibility index (Phi) is 3.53. The Labute approximate surface area is 124 Å². The number of rotatable bonds is 4. The van der Waals surface area contributed by atoms with E-state index in [1.807, 2.05) is 36.0 Å². The molecule has 2 aromatic rings. The van der Waals surface area contributed by atoms with Gasteiger partial charge in [0.1, 0.15) is 0 Å². The topological polar surface area (TPSA) is 55.1 Å². The second kappa shape index (κ2) is 5.35. The molecule has 1 N–H and O–H groups in total. The highest BCUT2D eigenvalue weighted by atomic mass is 16.4. The average Bonchev–Trinajstić information content (AvgIpc) is 2.90. The molecule has 1 aliphatic rings. The molecule has 0 spiro atoms. The number of hydrogen-bond donors (Lipinski definition) is 1. The summed E-state index contributed by atoms with van der Waals surface area (Å²) in [5.74, 6) is -0.697. The molecule has 21 heavy (non-hydrogen) atoms. The third kappa shape index (κ3) is 2.35. The zero-order valence-corrected chi connectivity index (χ0v) is 12.2. The highest BCUT2D eigenvalue weighted by Crippen LogP contribution is 2.41. The van der Waals surface area contributed by atoms with Gasteiger partial charge in [-0.2, -0.15) is 5.10 Å². The Bertz CT molecular complexity index is 662. The molecular weight excluding hydrogens is 264 g/mol. The zero-order chi connectivity index (χ0) is 14.9. The quantitative estimate of drug-likeness (QED) is 0.939. The molecule has 1 aromatic carbocycles. The SMILES string of the molecule is Cn1nccc1CCC1(C(=O)O)CCCc2ccccc21. The van der Waals surface area contributed by atoms with E-state index in [4.69, 9.17) is 0 Å². The maximum atomic E-state index is 12.1. The summed E-state index contributed by atoms with van der Waals surface area (Å²) in [6.45, 7) is 0. The smallest absolute Gasteiger partial charge is 0.314 e. The molecule has 110 valence electrons. The number of nitrogens with zero attached hydrogens (tertiary/aromatic N) is 2. The van der Waals surface area contributed by atoms with E-state index in [0.29, 0.717) is 6.42 Å². The van der Waals surface area contributed by atoms with Crippen molar-refractivity contribution in [2.45, 2.75) is 37.5 Å². The summed E-state index contributed by atoms with van der Waals surface area (Å²) >= 11 is 0. The Morgan fingerprint density at radius 3 is 2.90 bits per heavy atom. The van der Waals surface area contributed by atoms with Crippen LogP contribution in [0.15, 0.2) is 36.5 Å². The minimum atomic E-state index is -0.751. The van der Waals surface area contributed by atoms with Gasteiger partial charge in [-0.15, -0.1) is 0 Å². The number of aryl methyl sites for hydroxylation is 3. The first-order chi connectivity index (χ1) is 10.1. The van der Waals surface area contributed by atoms with Crippen molar-refractivity contribution in [1.82, 2.24) is 9.78 Å². The first-order valence-corrected chi connectivity index (χ1v) is 7.42. The normalized spacial score (nSPS) is 21.0. The lowest BCUT2D eigenvalue weighted by Crippen LogP contribution is -2.39. The summed E-state index contributed by atoms with van der Waals surface area (Å²) in [4.78, 5) is 12.1. The van der Waals surface area contributed by atoms with Gasteiger partial charge in [0.05, 0.1) is 5.41 Å². The van der Waals surface area contributed by atoms with Crippen LogP contribution < -0.4 is 0 Å². The van der Waals surface area contributed by atoms with Crippen LogP contribution in [0.5, 0.6) is 0 Å². The summed E-state index contributed by atoms with van der Waals surface area (Å²) < 4.78 is 1.82. The van der Waals surface area contributed by atoms with Crippen LogP contribution >= 0.6 is 0 Å². The van der Waals surface area contributed by atoms with E-state index >= 15 is 0 Å². The van der Waals surface area contributed by atoms with Crippen molar-refractivity contribution in [1.29, 1.82) is 0 Å². The lowest BCUT2D eigenvalue weighted by atomic mass is 9.67. The standard InChI is InChI=1S/C17H20N2O2/c1-19-14(9-12-18-19)8-11-17(16(20)21)10-4-6-13-5-2-3-7-15(13)17/h2-3,5,7,9,12H,4,6,8,10-11H2,1H3,(H,20,21). The zero-order valence-electron chi connectivity index (χ0n) is 12.2. The molecule has 1 aromatic heterocycles. The number of carboxylic acids is 1. The fourth-order valence-electron chi connectivity index (χ4n) is 3.50. The fourth-order valence-corrected chi connectivity index (χ4v) is 3.50. The monoisotopic (exact) mass is 284 g/mol. The number of carbonyl (C=O) groups is 1. The Hall–Kier alpha value is -2.10. The van der Waals surface area contributed by atoms with Crippen molar-refractivity contribution in [2.24, 2.45) is 7.05 Å². The van der Waals surface area contributed by atoms with Crippen LogP contribution in [0.2, 0.25) is 0 Å². The van der Waals surface area contributed by atoms with Gasteiger partial charge in [0, 0.05) is 18.9 Å². The lowest BCUT2D eigenvalue weighted by molar-refractivity contribution is -0.144. The van der Waals surface area contributed by atoms with Crippen LogP contribution in [-0.4, -0.2) is 20.9 Å². The maximum Gasteiger partial charge on any atom is 0.314 e. The van der Waals surface area contributed by atoms with Gasteiger partial charge < -0.3 is 5.11 Å². The molecule has 1 unspecified atom stereocenters. The number of aliphatic carboxylic acids is 1. The van der Waals surface area contributed by atoms with Crippen LogP contribution in [0.4, 0.5) is 0 Å². The van der Waals surface area contributed by atoms with Crippen molar-refractivity contribution in [3.63, 3.8) is 0 Å². The predicted octanol–water partition coefficient (Wildman–Crippen LogP) is 2.71. The largest absolute Gasteiger partial charge is 0.481 e. The molecule has 0 aliphatic heterocycles. The molecule has 3 rings (SSSR count). The molecule has 4 nitrogen and oxygen atoms in total. The number of aromatic nitrogens is 2. The van der Waals surface area contributed by atoms with Crippen LogP contribution in [0.3, 0.4) is 0 Å². The van der Waals surface area contributed by atoms with Crippen molar-refractivity contribution in [3.05, 3.63) is 53.3 Å². The second-order valence-electron chi connectivity index (χ2n) is 5.84. The molecule has 0 fully saturated rings. The summed E-state index contributed by atoms with van der Waals surface area (Å²) in [7, 11) is 1.90. The van der Waals surface area contributed by atoms with Gasteiger partial charge in [-0.05, 0) is 49.3 Å². The van der Waals surface area contributed by atoms with Crippen molar-refractivity contribution in [3.8, 4) is 0 Å². The third-order valence-electron chi connectivity index (χ3n) is 4.72. The highest BCUT2D eigenvalue weighted by molar-refractivity contribution is 5.82. The number of carboxylic acid groups (broad SMARTS) is 1. The number of hydrogen-bond acceptors (Lipinski definition) is 2. The molecule has 0 amide bonds. The molecule has 1 heterocycles. The van der Waals surface area contributed by atoms with Gasteiger partial charge in [0.25, 0.3) is 0 Å². The molecule has 0 saturated heterocycles. The van der Waals surface area contributed by atoms with Crippen LogP contribution in [0, 0.1) is 0 Å². The van der Waals surface area contributed by atoms with E-state index in [2.05, 4.69) is 11.2 Å². The Morgan fingerprint density at radius 1 is 1.38 bits per heavy atom. The van der Waals surface area contributed by atoms with Gasteiger partial charge in [0.2, 0.25) is 0 Å². The predicted molar refractivity (Wildman–Crippen MR) is 80.2 cm³/mol. The van der Waals surface area contributed by atoms with Crippen LogP contribution in [0.1, 0.15) is 36.1 Å². The minimum Gasteiger partial charge on any atom is -0.481 e. The number of fused-ring (bicyclic) bond motifs is 1. The molecule has 1 aliphatic carbocycles. The van der Waals surface area contributed by atoms with Gasteiger partial charge in [-0.25, -0.2) is 0 Å². The third-order valence-corrected chi connectivity index (χ3v) is 4.72. The van der Waals surface area contributed by atoms with Crippen molar-refractivity contribution < 1.29 is 9.90 Å². The molecule has 1 atom stereocenters. The first kappa shape index (κ1) is 13.9. The molecule has 0 saturated carbocycles. The molecule has 0 radical (unpaired) electrons. The van der Waals surface area contributed by atoms with Crippen molar-refractivity contribution in [2.75, 3.05) is 0 Å². The number of benzene rings is 1. The van der Waals surface area contributed by atoms with E-state index in [9.17, 15) is 9.90 Å². The highest BCUT2D eigenvalue weighted by Gasteiger charge is 2.43. The van der Waals surface area contributed by atoms with Crippen LogP contribution in [-0.2, 0) is 30.1 Å². The van der Waals surface area contributed by atoms with Gasteiger partial charge >= 0.3 is 5.97 Å². The Morgan fingerprint density at radius 2 is 2.19 bits per heavy atom. The summed E-state index contributed by atoms with van der Waals surface area (Å²) in [5.41, 5.74) is 2.53. The van der Waals surface area contributed by atoms with Crippen LogP contribution in [0.25, 0.3) is 0 Å². The second-order valence-corrected chi connectivity index (χ2v) is 5.84. The van der Waals surface area contributed by atoms with E-state index in [-0.39, 0.29) is 0 Å². The minimum absolute atomic E-state index is 0.624. The molecule has 4 heteroatoms. The van der Waals surface area contributed by atoms with E-state index < -0.39 is 11.4 Å². The Balaban J connectivity index is 1.94. The summed E-state index contributed by atoms with van der Waals surface area (Å²) in [6, 6.07) is 9.97. The van der Waals surface area contributed by atoms with Gasteiger partial charge in [0.15, 0.2) is 0 Å². The average molecular weight is 284 g/mol. The molecule has 0 bridgehead atoms. The fraction of sp³-hybridized carbons (Fsp3) is 0.412. The van der Waals surface area contributed by atoms with Gasteiger partial charge in [-0.3, -0.25) is 9.48 Å². The first-order valence-electron chi connectivity index (χ1n) is 7.42. The molecular formula is C17H20N2O2. The summed E-state index contributed by atoms with van der Waals surface area (Å²) in [6.07, 6.45) is 5.76. The maximum absolute atomic E-state index is 12.1. The van der Waals surface area contributed by atoms with E-state index in [1.54, 1.807) is 6.20 Å². The van der Waals surface area contributed by atoms with E-state index in [0.717, 1.165) is 36.9 Å². The van der Waals surface area contributed by atoms with Gasteiger partial charge in [-0.1, -0.05) is 24.3 Å². The van der Waals surface area contributed by atoms with Crippen molar-refractivity contribution >= 4 is 5.97 Å². The van der Waals surface area contributed by atoms with E-state index in [1.165, 1.54) is 5.56 Å².